The van der Waals surface area contributed by atoms with Gasteiger partial charge >= 0.3 is 5.97 Å². The highest BCUT2D eigenvalue weighted by Gasteiger charge is 2.24. The molecule has 0 saturated carbocycles. The molecule has 8 nitrogen and oxygen atoms in total. The number of hydrogen-bond donors (Lipinski definition) is 0. The first-order chi connectivity index (χ1) is 16.8. The van der Waals surface area contributed by atoms with Crippen LogP contribution in [0.15, 0.2) is 75.8 Å². The third-order valence-electron chi connectivity index (χ3n) is 4.85. The quantitative estimate of drug-likeness (QED) is 0.139. The van der Waals surface area contributed by atoms with Gasteiger partial charge in [0.15, 0.2) is 17.2 Å². The molecule has 1 heterocycles. The van der Waals surface area contributed by atoms with Crippen LogP contribution in [-0.4, -0.2) is 23.4 Å². The molecule has 178 valence electrons. The maximum atomic E-state index is 12.4. The zero-order chi connectivity index (χ0) is 24.9. The zero-order valence-electron chi connectivity index (χ0n) is 18.4. The Morgan fingerprint density at radius 2 is 1.91 bits per heavy atom. The van der Waals surface area contributed by atoms with Gasteiger partial charge < -0.3 is 14.2 Å². The highest BCUT2D eigenvalue weighted by Crippen LogP contribution is 2.38. The van der Waals surface area contributed by atoms with Crippen molar-refractivity contribution in [2.24, 2.45) is 4.99 Å². The molecule has 1 aliphatic rings. The Hall–Kier alpha value is -3.69. The summed E-state index contributed by atoms with van der Waals surface area (Å²) in [5.41, 5.74) is 1.92. The molecule has 3 aromatic rings. The van der Waals surface area contributed by atoms with Crippen LogP contribution in [0.5, 0.6) is 11.5 Å². The summed E-state index contributed by atoms with van der Waals surface area (Å²) in [4.78, 5) is 27.2. The van der Waals surface area contributed by atoms with Crippen LogP contribution in [0.4, 0.5) is 5.69 Å². The number of rotatable bonds is 8. The van der Waals surface area contributed by atoms with E-state index in [1.54, 1.807) is 42.5 Å². The van der Waals surface area contributed by atoms with E-state index in [-0.39, 0.29) is 34.7 Å². The van der Waals surface area contributed by atoms with Gasteiger partial charge in [0.1, 0.15) is 6.61 Å². The number of nitrogens with zero attached hydrogens (tertiary/aromatic N) is 2. The van der Waals surface area contributed by atoms with Gasteiger partial charge in [-0.2, -0.15) is 0 Å². The van der Waals surface area contributed by atoms with E-state index < -0.39 is 10.9 Å². The lowest BCUT2D eigenvalue weighted by atomic mass is 10.1. The molecule has 0 atom stereocenters. The normalized spacial score (nSPS) is 14.0. The van der Waals surface area contributed by atoms with E-state index in [1.807, 2.05) is 19.1 Å². The van der Waals surface area contributed by atoms with Gasteiger partial charge in [0.2, 0.25) is 5.90 Å². The molecule has 0 aromatic heterocycles. The van der Waals surface area contributed by atoms with Gasteiger partial charge in [0.05, 0.1) is 16.6 Å². The summed E-state index contributed by atoms with van der Waals surface area (Å²) in [7, 11) is 0. The van der Waals surface area contributed by atoms with Crippen molar-refractivity contribution in [1.29, 1.82) is 0 Å². The first kappa shape index (κ1) is 24.4. The number of aliphatic imine (C=N–C) groups is 1. The molecule has 0 fully saturated rings. The van der Waals surface area contributed by atoms with Gasteiger partial charge in [-0.25, -0.2) is 9.79 Å². The van der Waals surface area contributed by atoms with E-state index in [4.69, 9.17) is 25.8 Å². The van der Waals surface area contributed by atoms with Crippen LogP contribution in [0.2, 0.25) is 5.02 Å². The van der Waals surface area contributed by atoms with Crippen LogP contribution in [-0.2, 0) is 16.1 Å². The van der Waals surface area contributed by atoms with E-state index in [0.29, 0.717) is 29.0 Å². The van der Waals surface area contributed by atoms with Gasteiger partial charge in [-0.1, -0.05) is 39.7 Å². The van der Waals surface area contributed by atoms with E-state index >= 15 is 0 Å². The fraction of sp³-hybridized carbons (Fsp3) is 0.120. The molecule has 0 amide bonds. The topological polar surface area (TPSA) is 100 Å². The number of carbonyl (C=O) groups excluding carboxylic acids is 1. The molecule has 1 aliphatic heterocycles. The minimum atomic E-state index is -0.581. The van der Waals surface area contributed by atoms with Gasteiger partial charge in [-0.15, -0.1) is 0 Å². The number of carbonyl (C=O) groups is 1. The summed E-state index contributed by atoms with van der Waals surface area (Å²) in [6.07, 6.45) is 1.55. The Morgan fingerprint density at radius 3 is 2.63 bits per heavy atom. The number of nitro groups is 1. The van der Waals surface area contributed by atoms with E-state index in [1.165, 1.54) is 12.1 Å². The summed E-state index contributed by atoms with van der Waals surface area (Å²) in [6.45, 7) is 2.21. The van der Waals surface area contributed by atoms with Crippen molar-refractivity contribution < 1.29 is 23.9 Å². The van der Waals surface area contributed by atoms with Crippen molar-refractivity contribution in [1.82, 2.24) is 0 Å². The third kappa shape index (κ3) is 5.87. The minimum absolute atomic E-state index is 0.0317. The highest BCUT2D eigenvalue weighted by atomic mass is 79.9. The SMILES string of the molecule is CCOc1cc(/C=C2\N=C(c3ccc(Br)cc3)OC2=O)cc(Cl)c1OCc1cccc([N+](=O)[O-])c1. The van der Waals surface area contributed by atoms with Crippen LogP contribution in [0.25, 0.3) is 6.08 Å². The number of halogens is 2. The number of non-ortho nitro benzene ring substituents is 1. The second-order valence-corrected chi connectivity index (χ2v) is 8.64. The monoisotopic (exact) mass is 556 g/mol. The summed E-state index contributed by atoms with van der Waals surface area (Å²) >= 11 is 9.85. The lowest BCUT2D eigenvalue weighted by molar-refractivity contribution is -0.384. The van der Waals surface area contributed by atoms with Gasteiger partial charge in [0.25, 0.3) is 5.69 Å². The molecule has 10 heteroatoms. The van der Waals surface area contributed by atoms with E-state index in [0.717, 1.165) is 4.47 Å². The molecule has 0 saturated heterocycles. The van der Waals surface area contributed by atoms with Gasteiger partial charge in [-0.3, -0.25) is 10.1 Å². The van der Waals surface area contributed by atoms with Crippen molar-refractivity contribution >= 4 is 51.2 Å². The molecule has 0 bridgehead atoms. The average molecular weight is 558 g/mol. The summed E-state index contributed by atoms with van der Waals surface area (Å²) < 4.78 is 17.8. The molecule has 4 rings (SSSR count). The molecular weight excluding hydrogens is 540 g/mol. The molecule has 35 heavy (non-hydrogen) atoms. The third-order valence-corrected chi connectivity index (χ3v) is 5.66. The number of benzene rings is 3. The summed E-state index contributed by atoms with van der Waals surface area (Å²) in [5, 5.41) is 11.3. The van der Waals surface area contributed by atoms with Gasteiger partial charge in [-0.05, 0) is 60.5 Å². The summed E-state index contributed by atoms with van der Waals surface area (Å²) in [5.74, 6) is 0.278. The number of ether oxygens (including phenoxy) is 3. The van der Waals surface area contributed by atoms with Crippen molar-refractivity contribution in [3.63, 3.8) is 0 Å². The number of hydrogen-bond acceptors (Lipinski definition) is 7. The summed E-state index contributed by atoms with van der Waals surface area (Å²) in [6, 6.07) is 16.7. The standard InChI is InChI=1S/C25H18BrClN2O6/c1-2-33-22-13-16(12-21-25(30)35-24(28-21)17-6-8-18(26)9-7-17)11-20(27)23(22)34-14-15-4-3-5-19(10-15)29(31)32/h3-13H,2,14H2,1H3/b21-12-. The molecule has 0 spiro atoms. The zero-order valence-corrected chi connectivity index (χ0v) is 20.7. The minimum Gasteiger partial charge on any atom is -0.490 e. The second-order valence-electron chi connectivity index (χ2n) is 7.32. The van der Waals surface area contributed by atoms with Crippen molar-refractivity contribution in [3.05, 3.63) is 103 Å². The lowest BCUT2D eigenvalue weighted by Crippen LogP contribution is -2.05. The number of nitro benzene ring substituents is 1. The first-order valence-corrected chi connectivity index (χ1v) is 11.6. The van der Waals surface area contributed by atoms with Crippen LogP contribution < -0.4 is 9.47 Å². The number of esters is 1. The maximum absolute atomic E-state index is 12.4. The first-order valence-electron chi connectivity index (χ1n) is 10.4. The van der Waals surface area contributed by atoms with Crippen LogP contribution in [0.3, 0.4) is 0 Å². The fourth-order valence-electron chi connectivity index (χ4n) is 3.27. The van der Waals surface area contributed by atoms with Crippen molar-refractivity contribution in [2.45, 2.75) is 13.5 Å². The molecule has 3 aromatic carbocycles. The van der Waals surface area contributed by atoms with Crippen LogP contribution >= 0.6 is 27.5 Å². The lowest BCUT2D eigenvalue weighted by Gasteiger charge is -2.14. The Balaban J connectivity index is 1.59. The van der Waals surface area contributed by atoms with E-state index in [2.05, 4.69) is 20.9 Å². The maximum Gasteiger partial charge on any atom is 0.363 e. The molecule has 0 radical (unpaired) electrons. The highest BCUT2D eigenvalue weighted by molar-refractivity contribution is 9.10. The molecular formula is C25H18BrClN2O6. The Kier molecular flexibility index (Phi) is 7.48. The fourth-order valence-corrected chi connectivity index (χ4v) is 3.81. The predicted octanol–water partition coefficient (Wildman–Crippen LogP) is 6.33. The number of cyclic esters (lactones) is 1. The molecule has 0 unspecified atom stereocenters. The second kappa shape index (κ2) is 10.7. The smallest absolute Gasteiger partial charge is 0.363 e. The predicted molar refractivity (Wildman–Crippen MR) is 135 cm³/mol. The van der Waals surface area contributed by atoms with E-state index in [9.17, 15) is 14.9 Å². The Morgan fingerprint density at radius 1 is 1.14 bits per heavy atom. The van der Waals surface area contributed by atoms with Gasteiger partial charge in [0, 0.05) is 22.2 Å². The Labute approximate surface area is 214 Å². The van der Waals surface area contributed by atoms with Crippen LogP contribution in [0.1, 0.15) is 23.6 Å². The Bertz CT molecular complexity index is 1350. The molecule has 0 aliphatic carbocycles. The molecule has 0 N–H and O–H groups in total. The van der Waals surface area contributed by atoms with Crippen LogP contribution in [0, 0.1) is 10.1 Å². The largest absolute Gasteiger partial charge is 0.490 e. The van der Waals surface area contributed by atoms with Crippen molar-refractivity contribution in [2.75, 3.05) is 6.61 Å². The average Bonchev–Trinajstić information content (AvgIpc) is 3.19. The van der Waals surface area contributed by atoms with Crippen molar-refractivity contribution in [3.8, 4) is 11.5 Å².